The molecular weight excluding hydrogens is 334 g/mol. The van der Waals surface area contributed by atoms with Gasteiger partial charge < -0.3 is 5.32 Å². The van der Waals surface area contributed by atoms with Crippen LogP contribution in [0.3, 0.4) is 0 Å². The van der Waals surface area contributed by atoms with Gasteiger partial charge in [-0.2, -0.15) is 10.4 Å². The van der Waals surface area contributed by atoms with Crippen LogP contribution in [-0.4, -0.2) is 26.2 Å². The second-order valence-electron chi connectivity index (χ2n) is 4.92. The molecule has 0 radical (unpaired) electrons. The molecule has 2 aromatic heterocycles. The van der Waals surface area contributed by atoms with E-state index in [1.54, 1.807) is 36.1 Å². The zero-order valence-corrected chi connectivity index (χ0v) is 13.3. The van der Waals surface area contributed by atoms with Crippen LogP contribution < -0.4 is 5.32 Å². The summed E-state index contributed by atoms with van der Waals surface area (Å²) in [6.45, 7) is 3.70. The number of hydrogen-bond acceptors (Lipinski definition) is 4. The van der Waals surface area contributed by atoms with Gasteiger partial charge in [0.15, 0.2) is 0 Å². The highest BCUT2D eigenvalue weighted by Crippen LogP contribution is 2.12. The molecule has 21 heavy (non-hydrogen) atoms. The summed E-state index contributed by atoms with van der Waals surface area (Å²) in [6, 6.07) is 7.29. The first-order valence-electron chi connectivity index (χ1n) is 6.27. The third-order valence-electron chi connectivity index (χ3n) is 2.84. The molecule has 0 saturated heterocycles. The number of pyridine rings is 1. The molecule has 2 aromatic rings. The quantitative estimate of drug-likeness (QED) is 0.917. The maximum atomic E-state index is 12.2. The fourth-order valence-electron chi connectivity index (χ4n) is 1.84. The van der Waals surface area contributed by atoms with Gasteiger partial charge in [0.1, 0.15) is 11.2 Å². The number of nitrogens with one attached hydrogen (secondary N) is 1. The van der Waals surface area contributed by atoms with Crippen molar-refractivity contribution in [3.05, 3.63) is 46.5 Å². The summed E-state index contributed by atoms with van der Waals surface area (Å²) in [7, 11) is 0. The van der Waals surface area contributed by atoms with E-state index in [4.69, 9.17) is 0 Å². The van der Waals surface area contributed by atoms with Crippen molar-refractivity contribution < 1.29 is 4.79 Å². The van der Waals surface area contributed by atoms with Crippen LogP contribution in [0.4, 0.5) is 0 Å². The first kappa shape index (κ1) is 15.2. The number of nitrogens with zero attached hydrogens (tertiary/aromatic N) is 4. The molecule has 1 atom stereocenters. The Bertz CT molecular complexity index is 705. The van der Waals surface area contributed by atoms with E-state index in [1.807, 2.05) is 13.0 Å². The van der Waals surface area contributed by atoms with E-state index >= 15 is 0 Å². The normalized spacial score (nSPS) is 13.2. The Hall–Kier alpha value is -2.20. The number of halogens is 1. The summed E-state index contributed by atoms with van der Waals surface area (Å²) < 4.78 is 2.41. The van der Waals surface area contributed by atoms with E-state index in [-0.39, 0.29) is 18.1 Å². The SMILES string of the molecule is Cc1cccc(C(=O)N[C@@](C)(C#N)Cn2cc(Br)cn2)n1. The average Bonchev–Trinajstić information content (AvgIpc) is 2.83. The molecule has 0 spiro atoms. The van der Waals surface area contributed by atoms with Crippen molar-refractivity contribution in [1.29, 1.82) is 5.26 Å². The summed E-state index contributed by atoms with van der Waals surface area (Å²) in [5.74, 6) is -0.381. The van der Waals surface area contributed by atoms with E-state index in [1.165, 1.54) is 0 Å². The number of nitriles is 1. The molecule has 0 aliphatic heterocycles. The van der Waals surface area contributed by atoms with Gasteiger partial charge in [0, 0.05) is 11.9 Å². The number of hydrogen-bond donors (Lipinski definition) is 1. The Balaban J connectivity index is 2.14. The standard InChI is InChI=1S/C14H14BrN5O/c1-10-4-3-5-12(18-10)13(21)19-14(2,8-16)9-20-7-11(15)6-17-20/h3-7H,9H2,1-2H3,(H,19,21)/t14-/m0/s1. The molecule has 2 heterocycles. The lowest BCUT2D eigenvalue weighted by atomic mass is 10.0. The zero-order chi connectivity index (χ0) is 15.5. The molecule has 1 amide bonds. The van der Waals surface area contributed by atoms with Crippen molar-refractivity contribution in [2.24, 2.45) is 0 Å². The molecule has 0 bridgehead atoms. The van der Waals surface area contributed by atoms with E-state index in [0.717, 1.165) is 10.2 Å². The lowest BCUT2D eigenvalue weighted by molar-refractivity contribution is 0.0912. The van der Waals surface area contributed by atoms with Crippen LogP contribution in [0.15, 0.2) is 35.1 Å². The molecule has 0 aliphatic rings. The molecule has 1 N–H and O–H groups in total. The van der Waals surface area contributed by atoms with E-state index in [2.05, 4.69) is 37.4 Å². The minimum atomic E-state index is -1.08. The fraction of sp³-hybridized carbons (Fsp3) is 0.286. The first-order valence-corrected chi connectivity index (χ1v) is 7.06. The van der Waals surface area contributed by atoms with Crippen molar-refractivity contribution in [1.82, 2.24) is 20.1 Å². The van der Waals surface area contributed by atoms with Crippen LogP contribution in [0.2, 0.25) is 0 Å². The molecule has 7 heteroatoms. The largest absolute Gasteiger partial charge is 0.331 e. The van der Waals surface area contributed by atoms with E-state index in [9.17, 15) is 10.1 Å². The third-order valence-corrected chi connectivity index (χ3v) is 3.25. The Morgan fingerprint density at radius 3 is 2.90 bits per heavy atom. The van der Waals surface area contributed by atoms with Gasteiger partial charge in [-0.1, -0.05) is 6.07 Å². The second-order valence-corrected chi connectivity index (χ2v) is 5.83. The van der Waals surface area contributed by atoms with Gasteiger partial charge in [0.25, 0.3) is 5.91 Å². The minimum Gasteiger partial charge on any atom is -0.331 e. The van der Waals surface area contributed by atoms with E-state index in [0.29, 0.717) is 0 Å². The Morgan fingerprint density at radius 1 is 1.57 bits per heavy atom. The van der Waals surface area contributed by atoms with Crippen molar-refractivity contribution in [3.63, 3.8) is 0 Å². The average molecular weight is 348 g/mol. The van der Waals surface area contributed by atoms with Crippen LogP contribution in [0.5, 0.6) is 0 Å². The topological polar surface area (TPSA) is 83.6 Å². The summed E-state index contributed by atoms with van der Waals surface area (Å²) in [5.41, 5.74) is -0.0380. The summed E-state index contributed by atoms with van der Waals surface area (Å²) >= 11 is 3.29. The highest BCUT2D eigenvalue weighted by molar-refractivity contribution is 9.10. The van der Waals surface area contributed by atoms with E-state index < -0.39 is 5.54 Å². The monoisotopic (exact) mass is 347 g/mol. The summed E-state index contributed by atoms with van der Waals surface area (Å²) in [5, 5.41) is 16.2. The lowest BCUT2D eigenvalue weighted by Gasteiger charge is -2.23. The number of rotatable bonds is 4. The van der Waals surface area contributed by atoms with Gasteiger partial charge in [-0.3, -0.25) is 9.48 Å². The van der Waals surface area contributed by atoms with Crippen LogP contribution in [-0.2, 0) is 6.54 Å². The predicted molar refractivity (Wildman–Crippen MR) is 80.4 cm³/mol. The van der Waals surface area contributed by atoms with Gasteiger partial charge in [0.05, 0.1) is 23.3 Å². The van der Waals surface area contributed by atoms with Gasteiger partial charge in [-0.25, -0.2) is 4.98 Å². The maximum absolute atomic E-state index is 12.2. The van der Waals surface area contributed by atoms with Crippen molar-refractivity contribution in [2.75, 3.05) is 0 Å². The molecular formula is C14H14BrN5O. The minimum absolute atomic E-state index is 0.243. The van der Waals surface area contributed by atoms with Gasteiger partial charge in [0.2, 0.25) is 0 Å². The van der Waals surface area contributed by atoms with Crippen molar-refractivity contribution >= 4 is 21.8 Å². The van der Waals surface area contributed by atoms with Crippen LogP contribution in [0.25, 0.3) is 0 Å². The highest BCUT2D eigenvalue weighted by atomic mass is 79.9. The summed E-state index contributed by atoms with van der Waals surface area (Å²) in [6.07, 6.45) is 3.37. The third kappa shape index (κ3) is 3.89. The number of carbonyl (C=O) groups excluding carboxylic acids is 1. The summed E-state index contributed by atoms with van der Waals surface area (Å²) in [4.78, 5) is 16.4. The van der Waals surface area contributed by atoms with Gasteiger partial charge in [-0.05, 0) is 41.9 Å². The maximum Gasteiger partial charge on any atom is 0.271 e. The van der Waals surface area contributed by atoms with Gasteiger partial charge in [-0.15, -0.1) is 0 Å². The smallest absolute Gasteiger partial charge is 0.271 e. The van der Waals surface area contributed by atoms with Crippen molar-refractivity contribution in [2.45, 2.75) is 25.9 Å². The van der Waals surface area contributed by atoms with Crippen LogP contribution in [0.1, 0.15) is 23.1 Å². The van der Waals surface area contributed by atoms with Crippen molar-refractivity contribution in [3.8, 4) is 6.07 Å². The van der Waals surface area contributed by atoms with Crippen LogP contribution in [0, 0.1) is 18.3 Å². The number of aryl methyl sites for hydroxylation is 1. The lowest BCUT2D eigenvalue weighted by Crippen LogP contribution is -2.48. The zero-order valence-electron chi connectivity index (χ0n) is 11.7. The Morgan fingerprint density at radius 2 is 2.33 bits per heavy atom. The second kappa shape index (κ2) is 6.06. The molecule has 0 saturated carbocycles. The molecule has 108 valence electrons. The number of aromatic nitrogens is 3. The van der Waals surface area contributed by atoms with Gasteiger partial charge >= 0.3 is 0 Å². The molecule has 6 nitrogen and oxygen atoms in total. The fourth-order valence-corrected chi connectivity index (χ4v) is 2.16. The first-order chi connectivity index (χ1) is 9.92. The highest BCUT2D eigenvalue weighted by Gasteiger charge is 2.28. The molecule has 0 fully saturated rings. The molecule has 2 rings (SSSR count). The number of amides is 1. The number of carbonyl (C=O) groups is 1. The molecule has 0 unspecified atom stereocenters. The molecule has 0 aromatic carbocycles. The Kier molecular flexibility index (Phi) is 4.38. The van der Waals surface area contributed by atoms with Crippen LogP contribution >= 0.6 is 15.9 Å². The molecule has 0 aliphatic carbocycles. The predicted octanol–water partition coefficient (Wildman–Crippen LogP) is 2.06. The Labute approximate surface area is 130 Å².